The van der Waals surface area contributed by atoms with E-state index in [1.165, 1.54) is 25.7 Å². The van der Waals surface area contributed by atoms with E-state index in [0.29, 0.717) is 11.5 Å². The minimum Gasteiger partial charge on any atom is -0.497 e. The Morgan fingerprint density at radius 1 is 0.596 bits per heavy atom. The Hall–Kier alpha value is -5.29. The summed E-state index contributed by atoms with van der Waals surface area (Å²) >= 11 is 1.83. The Balaban J connectivity index is 0.00000285. The second kappa shape index (κ2) is 9.85. The van der Waals surface area contributed by atoms with Crippen molar-refractivity contribution in [1.82, 2.24) is 18.8 Å². The van der Waals surface area contributed by atoms with Crippen molar-refractivity contribution in [3.8, 4) is 11.5 Å². The fourth-order valence-electron chi connectivity index (χ4n) is 7.26. The number of nitrogens with zero attached hydrogens (tertiary/aromatic N) is 4. The van der Waals surface area contributed by atoms with E-state index in [-0.39, 0.29) is 21.1 Å². The molecule has 47 heavy (non-hydrogen) atoms. The van der Waals surface area contributed by atoms with Crippen molar-refractivity contribution in [1.29, 1.82) is 0 Å². The van der Waals surface area contributed by atoms with Crippen LogP contribution in [0.3, 0.4) is 0 Å². The van der Waals surface area contributed by atoms with Crippen LogP contribution in [-0.2, 0) is 21.1 Å². The molecule has 0 unspecified atom stereocenters. The van der Waals surface area contributed by atoms with Crippen LogP contribution < -0.4 is 4.74 Å². The van der Waals surface area contributed by atoms with Crippen LogP contribution in [0.5, 0.6) is 11.5 Å². The summed E-state index contributed by atoms with van der Waals surface area (Å²) in [5.41, 5.74) is 6.03. The first-order chi connectivity index (χ1) is 22.8. The van der Waals surface area contributed by atoms with Gasteiger partial charge in [-0.25, -0.2) is 0 Å². The van der Waals surface area contributed by atoms with Crippen LogP contribution in [0.4, 0.5) is 0 Å². The molecule has 0 fully saturated rings. The Morgan fingerprint density at radius 3 is 2.13 bits per heavy atom. The molecule has 11 rings (SSSR count). The first-order valence-corrected chi connectivity index (χ1v) is 16.0. The summed E-state index contributed by atoms with van der Waals surface area (Å²) in [6.07, 6.45) is 3.91. The molecule has 0 atom stereocenters. The van der Waals surface area contributed by atoms with Crippen molar-refractivity contribution in [2.24, 2.45) is 0 Å². The van der Waals surface area contributed by atoms with E-state index >= 15 is 0 Å². The van der Waals surface area contributed by atoms with Gasteiger partial charge in [-0.2, -0.15) is 0 Å². The van der Waals surface area contributed by atoms with E-state index < -0.39 is 0 Å². The molecule has 0 aliphatic heterocycles. The van der Waals surface area contributed by atoms with Crippen molar-refractivity contribution < 1.29 is 25.8 Å². The summed E-state index contributed by atoms with van der Waals surface area (Å²) < 4.78 is 13.5. The third-order valence-electron chi connectivity index (χ3n) is 9.19. The van der Waals surface area contributed by atoms with Gasteiger partial charge < -0.3 is 13.5 Å². The van der Waals surface area contributed by atoms with Crippen LogP contribution in [0, 0.1) is 12.1 Å². The minimum atomic E-state index is 0. The molecule has 5 aromatic heterocycles. The number of thiophene rings is 1. The molecule has 5 heterocycles. The van der Waals surface area contributed by atoms with Crippen LogP contribution in [0.15, 0.2) is 122 Å². The van der Waals surface area contributed by atoms with Gasteiger partial charge >= 0.3 is 21.1 Å². The van der Waals surface area contributed by atoms with Crippen LogP contribution in [0.1, 0.15) is 0 Å². The average molecular weight is 800 g/mol. The van der Waals surface area contributed by atoms with Crippen LogP contribution in [-0.4, -0.2) is 18.8 Å². The number of imidazole rings is 2. The van der Waals surface area contributed by atoms with Gasteiger partial charge in [0, 0.05) is 55.1 Å². The molecule has 0 amide bonds. The summed E-state index contributed by atoms with van der Waals surface area (Å²) in [5, 5.41) is 8.87. The van der Waals surface area contributed by atoms with E-state index in [4.69, 9.17) is 14.7 Å². The number of aromatic nitrogens is 4. The molecule has 0 spiro atoms. The Morgan fingerprint density at radius 2 is 1.28 bits per heavy atom. The first kappa shape index (κ1) is 26.9. The summed E-state index contributed by atoms with van der Waals surface area (Å²) in [6, 6.07) is 45.2. The monoisotopic (exact) mass is 799 g/mol. The molecule has 0 radical (unpaired) electrons. The van der Waals surface area contributed by atoms with Gasteiger partial charge in [0.25, 0.3) is 0 Å². The third-order valence-corrected chi connectivity index (χ3v) is 10.3. The van der Waals surface area contributed by atoms with Gasteiger partial charge in [0.15, 0.2) is 0 Å². The Labute approximate surface area is 285 Å². The fraction of sp³-hybridized carbons (Fsp3) is 0. The van der Waals surface area contributed by atoms with E-state index in [2.05, 4.69) is 112 Å². The number of fused-ring (bicyclic) bond motifs is 18. The molecule has 0 saturated heterocycles. The van der Waals surface area contributed by atoms with Gasteiger partial charge in [0.05, 0.1) is 22.3 Å². The second-order valence-electron chi connectivity index (χ2n) is 11.7. The number of benzene rings is 6. The zero-order valence-electron chi connectivity index (χ0n) is 24.5. The zero-order valence-corrected chi connectivity index (χ0v) is 27.6. The van der Waals surface area contributed by atoms with Gasteiger partial charge in [0.1, 0.15) is 0 Å². The van der Waals surface area contributed by atoms with Crippen molar-refractivity contribution >= 4 is 97.2 Å². The maximum absolute atomic E-state index is 6.50. The maximum atomic E-state index is 6.50. The molecule has 0 aliphatic rings. The van der Waals surface area contributed by atoms with Crippen LogP contribution in [0.25, 0.3) is 85.9 Å². The van der Waals surface area contributed by atoms with Crippen molar-refractivity contribution in [3.63, 3.8) is 0 Å². The number of para-hydroxylation sites is 3. The number of rotatable bonds is 2. The summed E-state index contributed by atoms with van der Waals surface area (Å²) in [7, 11) is 0. The molecule has 7 heteroatoms. The molecular formula is C40H20N4OPtS. The number of pyridine rings is 2. The van der Waals surface area contributed by atoms with Crippen molar-refractivity contribution in [2.45, 2.75) is 0 Å². The Kier molecular flexibility index (Phi) is 5.64. The standard InChI is InChI=1S/C40H20N4OS.Pt/c1-4-10-33-27(7-1)25-15-13-24(22-31(25)40-42-32-9-3-5-11-34(32)44(33)40)45-23-14-16-26-28-17-18-36-37(29-8-2-6-12-35(29)46-36)38(28)43-20-19-41-39(43)30(26)21-23;/h1-20H;/q-2;+2. The number of hydrogen-bond acceptors (Lipinski definition) is 4. The minimum absolute atomic E-state index is 0. The molecule has 0 aliphatic carbocycles. The molecular weight excluding hydrogens is 780 g/mol. The molecule has 11 aromatic rings. The molecule has 0 saturated carbocycles. The summed E-state index contributed by atoms with van der Waals surface area (Å²) in [6.45, 7) is 0. The van der Waals surface area contributed by atoms with Crippen LogP contribution >= 0.6 is 11.3 Å². The van der Waals surface area contributed by atoms with E-state index in [1.807, 2.05) is 41.9 Å². The van der Waals surface area contributed by atoms with Crippen LogP contribution in [0.2, 0.25) is 0 Å². The SMILES string of the molecule is [Pt+2].[c-]1c(Oc2[c-]c3c(cc2)c2ccccc2n2c4ccccc4nc32)ccc2c1c1nccn1c1c2ccc2sc3ccccc3c21. The van der Waals surface area contributed by atoms with Crippen molar-refractivity contribution in [3.05, 3.63) is 134 Å². The first-order valence-electron chi connectivity index (χ1n) is 15.2. The number of hydrogen-bond donors (Lipinski definition) is 0. The van der Waals surface area contributed by atoms with Crippen molar-refractivity contribution in [2.75, 3.05) is 0 Å². The molecule has 222 valence electrons. The topological polar surface area (TPSA) is 43.8 Å². The molecule has 5 nitrogen and oxygen atoms in total. The van der Waals surface area contributed by atoms with Gasteiger partial charge in [-0.15, -0.1) is 23.5 Å². The van der Waals surface area contributed by atoms with Gasteiger partial charge in [0.2, 0.25) is 0 Å². The average Bonchev–Trinajstić information content (AvgIpc) is 3.84. The maximum Gasteiger partial charge on any atom is 2.00 e. The number of ether oxygens (including phenoxy) is 1. The van der Waals surface area contributed by atoms with E-state index in [1.54, 1.807) is 0 Å². The van der Waals surface area contributed by atoms with Gasteiger partial charge in [-0.05, 0) is 41.1 Å². The predicted octanol–water partition coefficient (Wildman–Crippen LogP) is 10.5. The normalized spacial score (nSPS) is 12.1. The fourth-order valence-corrected chi connectivity index (χ4v) is 8.37. The van der Waals surface area contributed by atoms with Gasteiger partial charge in [-0.3, -0.25) is 9.97 Å². The third kappa shape index (κ3) is 3.68. The van der Waals surface area contributed by atoms with E-state index in [0.717, 1.165) is 60.2 Å². The summed E-state index contributed by atoms with van der Waals surface area (Å²) in [5.74, 6) is 1.22. The zero-order chi connectivity index (χ0) is 29.9. The predicted molar refractivity (Wildman–Crippen MR) is 189 cm³/mol. The molecule has 0 bridgehead atoms. The smallest absolute Gasteiger partial charge is 0.497 e. The van der Waals surface area contributed by atoms with E-state index in [9.17, 15) is 0 Å². The molecule has 0 N–H and O–H groups in total. The largest absolute Gasteiger partial charge is 2.00 e. The second-order valence-corrected chi connectivity index (χ2v) is 12.7. The van der Waals surface area contributed by atoms with Gasteiger partial charge in [-0.1, -0.05) is 100 Å². The quantitative estimate of drug-likeness (QED) is 0.129. The summed E-state index contributed by atoms with van der Waals surface area (Å²) in [4.78, 5) is 9.84. The Bertz CT molecular complexity index is 3080. The molecule has 6 aromatic carbocycles.